The Morgan fingerprint density at radius 3 is 2.56 bits per heavy atom. The van der Waals surface area contributed by atoms with Gasteiger partial charge >= 0.3 is 0 Å². The minimum atomic E-state index is 0.535. The van der Waals surface area contributed by atoms with E-state index in [9.17, 15) is 0 Å². The van der Waals surface area contributed by atoms with E-state index in [2.05, 4.69) is 10.6 Å². The topological polar surface area (TPSA) is 33.3 Å². The number of methoxy groups -OCH3 is 1. The average Bonchev–Trinajstić information content (AvgIpc) is 2.58. The van der Waals surface area contributed by atoms with E-state index in [1.165, 1.54) is 0 Å². The highest BCUT2D eigenvalue weighted by Crippen LogP contribution is 2.27. The molecule has 3 nitrogen and oxygen atoms in total. The van der Waals surface area contributed by atoms with Crippen molar-refractivity contribution >= 4 is 69.6 Å². The Hall–Kier alpha value is -0.850. The maximum Gasteiger partial charge on any atom is 0.170 e. The number of nitrogens with one attached hydrogen (secondary N) is 2. The predicted molar refractivity (Wildman–Crippen MR) is 115 cm³/mol. The first-order valence-electron chi connectivity index (χ1n) is 7.39. The summed E-state index contributed by atoms with van der Waals surface area (Å²) in [7, 11) is 1.58. The molecule has 2 N–H and O–H groups in total. The minimum Gasteiger partial charge on any atom is -0.495 e. The zero-order chi connectivity index (χ0) is 18.2. The normalized spacial score (nSPS) is 10.4. The molecule has 2 rings (SSSR count). The molecule has 0 saturated heterocycles. The summed E-state index contributed by atoms with van der Waals surface area (Å²) in [5, 5.41) is 8.51. The van der Waals surface area contributed by atoms with E-state index in [1.54, 1.807) is 31.0 Å². The highest BCUT2D eigenvalue weighted by molar-refractivity contribution is 7.98. The molecule has 134 valence electrons. The largest absolute Gasteiger partial charge is 0.495 e. The van der Waals surface area contributed by atoms with Gasteiger partial charge in [0.2, 0.25) is 0 Å². The van der Waals surface area contributed by atoms with Crippen LogP contribution in [-0.4, -0.2) is 24.5 Å². The van der Waals surface area contributed by atoms with Crippen molar-refractivity contribution in [3.8, 4) is 5.75 Å². The first-order chi connectivity index (χ1) is 12.0. The van der Waals surface area contributed by atoms with Gasteiger partial charge in [0, 0.05) is 23.7 Å². The SMILES string of the molecule is COc1ccc(NC(=S)NCCSCc2ccc(Cl)c(Cl)c2)cc1Cl. The molecular weight excluding hydrogens is 419 g/mol. The Kier molecular flexibility index (Phi) is 8.46. The lowest BCUT2D eigenvalue weighted by atomic mass is 10.2. The first kappa shape index (κ1) is 20.5. The van der Waals surface area contributed by atoms with Crippen molar-refractivity contribution in [1.29, 1.82) is 0 Å². The van der Waals surface area contributed by atoms with Crippen LogP contribution in [0.25, 0.3) is 0 Å². The van der Waals surface area contributed by atoms with Crippen molar-refractivity contribution in [1.82, 2.24) is 5.32 Å². The number of thiocarbonyl (C=S) groups is 1. The van der Waals surface area contributed by atoms with Crippen molar-refractivity contribution in [2.45, 2.75) is 5.75 Å². The number of thioether (sulfide) groups is 1. The summed E-state index contributed by atoms with van der Waals surface area (Å²) in [6.07, 6.45) is 0. The van der Waals surface area contributed by atoms with Gasteiger partial charge in [-0.3, -0.25) is 0 Å². The van der Waals surface area contributed by atoms with Crippen molar-refractivity contribution in [3.63, 3.8) is 0 Å². The Morgan fingerprint density at radius 2 is 1.88 bits per heavy atom. The second-order valence-corrected chi connectivity index (χ2v) is 7.77. The number of hydrogen-bond acceptors (Lipinski definition) is 3. The van der Waals surface area contributed by atoms with Crippen molar-refractivity contribution in [2.75, 3.05) is 24.7 Å². The van der Waals surface area contributed by atoms with E-state index in [1.807, 2.05) is 24.3 Å². The molecule has 0 saturated carbocycles. The van der Waals surface area contributed by atoms with E-state index < -0.39 is 0 Å². The van der Waals surface area contributed by atoms with Gasteiger partial charge in [-0.05, 0) is 48.1 Å². The van der Waals surface area contributed by atoms with Gasteiger partial charge in [-0.1, -0.05) is 40.9 Å². The minimum absolute atomic E-state index is 0.535. The van der Waals surface area contributed by atoms with Gasteiger partial charge < -0.3 is 15.4 Å². The fraction of sp³-hybridized carbons (Fsp3) is 0.235. The van der Waals surface area contributed by atoms with Crippen LogP contribution in [-0.2, 0) is 5.75 Å². The summed E-state index contributed by atoms with van der Waals surface area (Å²) >= 11 is 25.1. The van der Waals surface area contributed by atoms with Gasteiger partial charge in [-0.15, -0.1) is 0 Å². The summed E-state index contributed by atoms with van der Waals surface area (Å²) in [6, 6.07) is 11.1. The van der Waals surface area contributed by atoms with Crippen LogP contribution in [0.1, 0.15) is 5.56 Å². The van der Waals surface area contributed by atoms with Crippen LogP contribution in [0.3, 0.4) is 0 Å². The molecule has 0 fully saturated rings. The van der Waals surface area contributed by atoms with Crippen LogP contribution in [0.2, 0.25) is 15.1 Å². The van der Waals surface area contributed by atoms with Crippen LogP contribution in [0.15, 0.2) is 36.4 Å². The third-order valence-corrected chi connectivity index (χ3v) is 5.51. The van der Waals surface area contributed by atoms with Gasteiger partial charge in [-0.25, -0.2) is 0 Å². The number of ether oxygens (including phenoxy) is 1. The molecule has 0 aliphatic carbocycles. The molecule has 0 aliphatic rings. The number of hydrogen-bond donors (Lipinski definition) is 2. The monoisotopic (exact) mass is 434 g/mol. The maximum absolute atomic E-state index is 6.09. The van der Waals surface area contributed by atoms with Crippen molar-refractivity contribution in [3.05, 3.63) is 57.0 Å². The molecule has 0 spiro atoms. The molecule has 0 unspecified atom stereocenters. The molecule has 0 atom stereocenters. The van der Waals surface area contributed by atoms with Crippen LogP contribution < -0.4 is 15.4 Å². The van der Waals surface area contributed by atoms with Gasteiger partial charge in [0.05, 0.1) is 22.2 Å². The number of anilines is 1. The fourth-order valence-corrected chi connectivity index (χ4v) is 3.58. The Morgan fingerprint density at radius 1 is 1.08 bits per heavy atom. The molecule has 0 heterocycles. The third kappa shape index (κ3) is 6.76. The summed E-state index contributed by atoms with van der Waals surface area (Å²) in [5.41, 5.74) is 1.96. The van der Waals surface area contributed by atoms with Gasteiger partial charge in [0.15, 0.2) is 5.11 Å². The molecule has 0 bridgehead atoms. The standard InChI is InChI=1S/C17H17Cl3N2OS2/c1-23-16-5-3-12(9-15(16)20)22-17(24)21-6-7-25-10-11-2-4-13(18)14(19)8-11/h2-5,8-9H,6-7,10H2,1H3,(H2,21,22,24). The van der Waals surface area contributed by atoms with Crippen LogP contribution in [0.5, 0.6) is 5.75 Å². The van der Waals surface area contributed by atoms with E-state index in [0.717, 1.165) is 29.3 Å². The highest BCUT2D eigenvalue weighted by Gasteiger charge is 2.04. The zero-order valence-corrected chi connectivity index (χ0v) is 17.3. The molecule has 25 heavy (non-hydrogen) atoms. The lowest BCUT2D eigenvalue weighted by Gasteiger charge is -2.12. The van der Waals surface area contributed by atoms with Gasteiger partial charge in [0.25, 0.3) is 0 Å². The maximum atomic E-state index is 6.09. The second-order valence-electron chi connectivity index (χ2n) is 5.03. The van der Waals surface area contributed by atoms with E-state index in [-0.39, 0.29) is 0 Å². The van der Waals surface area contributed by atoms with Gasteiger partial charge in [-0.2, -0.15) is 11.8 Å². The highest BCUT2D eigenvalue weighted by atomic mass is 35.5. The lowest BCUT2D eigenvalue weighted by Crippen LogP contribution is -2.30. The molecule has 0 aromatic heterocycles. The molecule has 2 aromatic rings. The Labute approximate surface area is 172 Å². The zero-order valence-electron chi connectivity index (χ0n) is 13.4. The molecule has 0 aliphatic heterocycles. The summed E-state index contributed by atoms with van der Waals surface area (Å²) < 4.78 is 5.12. The third-order valence-electron chi connectivity index (χ3n) is 3.19. The first-order valence-corrected chi connectivity index (χ1v) is 10.1. The quantitative estimate of drug-likeness (QED) is 0.419. The van der Waals surface area contributed by atoms with Crippen LogP contribution in [0, 0.1) is 0 Å². The van der Waals surface area contributed by atoms with Gasteiger partial charge in [0.1, 0.15) is 5.75 Å². The lowest BCUT2D eigenvalue weighted by molar-refractivity contribution is 0.415. The summed E-state index contributed by atoms with van der Waals surface area (Å²) in [4.78, 5) is 0. The second kappa shape index (κ2) is 10.3. The van der Waals surface area contributed by atoms with E-state index in [4.69, 9.17) is 51.8 Å². The summed E-state index contributed by atoms with van der Waals surface area (Å²) in [5.74, 6) is 2.41. The molecule has 2 aromatic carbocycles. The van der Waals surface area contributed by atoms with Crippen molar-refractivity contribution < 1.29 is 4.74 Å². The molecule has 0 amide bonds. The van der Waals surface area contributed by atoms with Crippen LogP contribution >= 0.6 is 58.8 Å². The fourth-order valence-electron chi connectivity index (χ4n) is 1.98. The van der Waals surface area contributed by atoms with E-state index in [0.29, 0.717) is 25.9 Å². The Bertz CT molecular complexity index is 744. The average molecular weight is 436 g/mol. The van der Waals surface area contributed by atoms with E-state index >= 15 is 0 Å². The Balaban J connectivity index is 1.68. The molecule has 8 heteroatoms. The predicted octanol–water partition coefficient (Wildman–Crippen LogP) is 5.88. The summed E-state index contributed by atoms with van der Waals surface area (Å²) in [6.45, 7) is 0.752. The number of rotatable bonds is 7. The van der Waals surface area contributed by atoms with Crippen molar-refractivity contribution in [2.24, 2.45) is 0 Å². The van der Waals surface area contributed by atoms with Crippen LogP contribution in [0.4, 0.5) is 5.69 Å². The smallest absolute Gasteiger partial charge is 0.170 e. The number of halogens is 3. The molecular formula is C17H17Cl3N2OS2. The number of benzene rings is 2. The molecule has 0 radical (unpaired) electrons.